The highest BCUT2D eigenvalue weighted by Gasteiger charge is 2.55. The van der Waals surface area contributed by atoms with Crippen LogP contribution in [-0.4, -0.2) is 63.4 Å². The summed E-state index contributed by atoms with van der Waals surface area (Å²) < 4.78 is 19.4. The number of piperazine rings is 1. The molecule has 1 aliphatic heterocycles. The molecule has 1 aliphatic rings. The second kappa shape index (κ2) is 18.9. The molecule has 0 saturated carbocycles. The van der Waals surface area contributed by atoms with Crippen LogP contribution in [0.15, 0.2) is 121 Å². The molecule has 2 N–H and O–H groups in total. The van der Waals surface area contributed by atoms with Crippen molar-refractivity contribution in [2.24, 2.45) is 0 Å². The quantitative estimate of drug-likeness (QED) is 0.114. The number of hydrogen-bond acceptors (Lipinski definition) is 8. The number of amides is 1. The van der Waals surface area contributed by atoms with Crippen molar-refractivity contribution in [2.75, 3.05) is 6.61 Å². The van der Waals surface area contributed by atoms with Gasteiger partial charge in [-0.3, -0.25) is 9.63 Å². The first-order valence-corrected chi connectivity index (χ1v) is 16.6. The monoisotopic (exact) mass is 668 g/mol. The Balaban J connectivity index is 1.56. The van der Waals surface area contributed by atoms with Crippen LogP contribution >= 0.6 is 0 Å². The molecule has 4 aromatic rings. The van der Waals surface area contributed by atoms with Gasteiger partial charge >= 0.3 is 6.09 Å². The SMILES string of the molecule is O=C(CCCCCO)[C@H]1C(OCc2ccccc2)N(C(=O)O)[C@H](OCc2ccccc2)[C@H](OCc2ccccc2)N1OCc1ccccc1. The lowest BCUT2D eigenvalue weighted by Gasteiger charge is -2.51. The van der Waals surface area contributed by atoms with Gasteiger partial charge in [-0.05, 0) is 35.1 Å². The Bertz CT molecular complexity index is 1540. The average Bonchev–Trinajstić information content (AvgIpc) is 3.14. The van der Waals surface area contributed by atoms with Gasteiger partial charge in [0.15, 0.2) is 24.5 Å². The fourth-order valence-corrected chi connectivity index (χ4v) is 5.73. The van der Waals surface area contributed by atoms with Gasteiger partial charge in [0.05, 0.1) is 26.4 Å². The van der Waals surface area contributed by atoms with E-state index in [9.17, 15) is 19.8 Å². The molecule has 1 unspecified atom stereocenters. The highest BCUT2D eigenvalue weighted by atomic mass is 16.7. The van der Waals surface area contributed by atoms with Crippen LogP contribution < -0.4 is 0 Å². The number of unbranched alkanes of at least 4 members (excludes halogenated alkanes) is 2. The van der Waals surface area contributed by atoms with Crippen LogP contribution in [-0.2, 0) is 50.3 Å². The number of carboxylic acid groups (broad SMARTS) is 1. The number of rotatable bonds is 18. The minimum absolute atomic E-state index is 0.0232. The summed E-state index contributed by atoms with van der Waals surface area (Å²) in [6, 6.07) is 36.6. The van der Waals surface area contributed by atoms with Crippen molar-refractivity contribution < 1.29 is 38.9 Å². The third-order valence-corrected chi connectivity index (χ3v) is 8.23. The first-order chi connectivity index (χ1) is 24.0. The third-order valence-electron chi connectivity index (χ3n) is 8.23. The Labute approximate surface area is 287 Å². The maximum absolute atomic E-state index is 14.3. The molecule has 0 spiro atoms. The van der Waals surface area contributed by atoms with Crippen molar-refractivity contribution in [1.82, 2.24) is 9.96 Å². The molecule has 1 heterocycles. The smallest absolute Gasteiger partial charge is 0.411 e. The summed E-state index contributed by atoms with van der Waals surface area (Å²) in [5, 5.41) is 21.6. The Kier molecular flexibility index (Phi) is 13.9. The lowest BCUT2D eigenvalue weighted by molar-refractivity contribution is -0.370. The normalized spacial score (nSPS) is 19.5. The van der Waals surface area contributed by atoms with Crippen LogP contribution in [0.25, 0.3) is 0 Å². The minimum Gasteiger partial charge on any atom is -0.465 e. The largest absolute Gasteiger partial charge is 0.465 e. The van der Waals surface area contributed by atoms with E-state index in [1.807, 2.05) is 121 Å². The van der Waals surface area contributed by atoms with Crippen LogP contribution in [0.5, 0.6) is 0 Å². The summed E-state index contributed by atoms with van der Waals surface area (Å²) in [5.41, 5.74) is 3.34. The number of aliphatic hydroxyl groups excluding tert-OH is 1. The Hall–Kier alpha value is -4.42. The summed E-state index contributed by atoms with van der Waals surface area (Å²) in [5.74, 6) is -0.273. The van der Waals surface area contributed by atoms with E-state index >= 15 is 0 Å². The number of ether oxygens (including phenoxy) is 3. The molecule has 4 aromatic carbocycles. The summed E-state index contributed by atoms with van der Waals surface area (Å²) in [7, 11) is 0. The van der Waals surface area contributed by atoms with Crippen LogP contribution in [0.1, 0.15) is 47.9 Å². The van der Waals surface area contributed by atoms with Gasteiger partial charge in [0.1, 0.15) is 6.04 Å². The van der Waals surface area contributed by atoms with Gasteiger partial charge in [-0.2, -0.15) is 0 Å². The number of hydrogen-bond donors (Lipinski definition) is 2. The van der Waals surface area contributed by atoms with E-state index in [-0.39, 0.29) is 45.2 Å². The first kappa shape index (κ1) is 35.9. The average molecular weight is 669 g/mol. The fourth-order valence-electron chi connectivity index (χ4n) is 5.73. The Morgan fingerprint density at radius 2 is 0.980 bits per heavy atom. The summed E-state index contributed by atoms with van der Waals surface area (Å²) in [4.78, 5) is 35.1. The van der Waals surface area contributed by atoms with Gasteiger partial charge in [-0.15, -0.1) is 5.06 Å². The number of benzene rings is 4. The molecule has 0 aromatic heterocycles. The van der Waals surface area contributed by atoms with E-state index in [0.29, 0.717) is 19.3 Å². The van der Waals surface area contributed by atoms with E-state index in [1.54, 1.807) is 0 Å². The molecule has 258 valence electrons. The molecular formula is C39H44N2O8. The van der Waals surface area contributed by atoms with Crippen LogP contribution in [0.4, 0.5) is 4.79 Å². The maximum atomic E-state index is 14.3. The molecule has 5 rings (SSSR count). The molecular weight excluding hydrogens is 624 g/mol. The third kappa shape index (κ3) is 10.3. The van der Waals surface area contributed by atoms with Gasteiger partial charge in [0.25, 0.3) is 0 Å². The first-order valence-electron chi connectivity index (χ1n) is 16.6. The van der Waals surface area contributed by atoms with Gasteiger partial charge in [-0.25, -0.2) is 9.69 Å². The van der Waals surface area contributed by atoms with Crippen molar-refractivity contribution in [2.45, 2.75) is 76.8 Å². The van der Waals surface area contributed by atoms with E-state index in [2.05, 4.69) is 0 Å². The highest BCUT2D eigenvalue weighted by molar-refractivity contribution is 5.85. The van der Waals surface area contributed by atoms with Crippen molar-refractivity contribution in [3.05, 3.63) is 144 Å². The molecule has 10 heteroatoms. The molecule has 0 radical (unpaired) electrons. The number of aliphatic hydroxyl groups is 1. The second-order valence-corrected chi connectivity index (χ2v) is 11.8. The number of carbonyl (C=O) groups excluding carboxylic acids is 1. The number of ketones is 1. The lowest BCUT2D eigenvalue weighted by Crippen LogP contribution is -2.72. The zero-order chi connectivity index (χ0) is 34.3. The molecule has 0 aliphatic carbocycles. The number of nitrogens with zero attached hydrogens (tertiary/aromatic N) is 2. The molecule has 1 saturated heterocycles. The Morgan fingerprint density at radius 1 is 0.551 bits per heavy atom. The molecule has 49 heavy (non-hydrogen) atoms. The van der Waals surface area contributed by atoms with Crippen molar-refractivity contribution in [3.63, 3.8) is 0 Å². The molecule has 1 fully saturated rings. The summed E-state index contributed by atoms with van der Waals surface area (Å²) in [6.07, 6.45) is -3.24. The zero-order valence-corrected chi connectivity index (χ0v) is 27.5. The number of hydroxylamine groups is 2. The topological polar surface area (TPSA) is 118 Å². The van der Waals surface area contributed by atoms with Gasteiger partial charge in [-0.1, -0.05) is 128 Å². The van der Waals surface area contributed by atoms with Crippen molar-refractivity contribution in [1.29, 1.82) is 0 Å². The predicted molar refractivity (Wildman–Crippen MR) is 182 cm³/mol. The van der Waals surface area contributed by atoms with Crippen LogP contribution in [0.3, 0.4) is 0 Å². The Morgan fingerprint density at radius 3 is 1.43 bits per heavy atom. The van der Waals surface area contributed by atoms with Crippen molar-refractivity contribution in [3.8, 4) is 0 Å². The van der Waals surface area contributed by atoms with E-state index < -0.39 is 30.8 Å². The van der Waals surface area contributed by atoms with Gasteiger partial charge < -0.3 is 24.4 Å². The summed E-state index contributed by atoms with van der Waals surface area (Å²) >= 11 is 0. The fraction of sp³-hybridized carbons (Fsp3) is 0.333. The second-order valence-electron chi connectivity index (χ2n) is 11.8. The van der Waals surface area contributed by atoms with Gasteiger partial charge in [0.2, 0.25) is 0 Å². The minimum atomic E-state index is -1.33. The number of Topliss-reactive ketones (excluding diaryl/α,β-unsaturated/α-hetero) is 1. The van der Waals surface area contributed by atoms with Gasteiger partial charge in [0, 0.05) is 13.0 Å². The van der Waals surface area contributed by atoms with E-state index in [0.717, 1.165) is 27.2 Å². The molecule has 10 nitrogen and oxygen atoms in total. The number of carbonyl (C=O) groups is 2. The molecule has 0 bridgehead atoms. The van der Waals surface area contributed by atoms with E-state index in [1.165, 1.54) is 5.06 Å². The zero-order valence-electron chi connectivity index (χ0n) is 27.5. The van der Waals surface area contributed by atoms with Crippen LogP contribution in [0.2, 0.25) is 0 Å². The van der Waals surface area contributed by atoms with E-state index in [4.69, 9.17) is 19.0 Å². The van der Waals surface area contributed by atoms with Crippen molar-refractivity contribution >= 4 is 11.9 Å². The predicted octanol–water partition coefficient (Wildman–Crippen LogP) is 6.53. The molecule has 4 atom stereocenters. The summed E-state index contributed by atoms with van der Waals surface area (Å²) in [6.45, 7) is 0.317. The van der Waals surface area contributed by atoms with Crippen LogP contribution in [0, 0.1) is 0 Å². The standard InChI is InChI=1S/C39H44N2O8/c42-25-15-5-14-24-34(43)35-36(46-26-30-16-6-1-7-17-30)40(39(44)45)37(47-27-31-18-8-2-9-19-31)38(48-28-32-20-10-3-11-21-32)41(35)49-29-33-22-12-4-13-23-33/h1-4,6-13,16-23,35-38,42H,5,14-15,24-29H2,(H,44,45)/t35-,36?,37+,38-/m0/s1. The molecule has 1 amide bonds. The highest BCUT2D eigenvalue weighted by Crippen LogP contribution is 2.34. The lowest BCUT2D eigenvalue weighted by atomic mass is 10.00. The maximum Gasteiger partial charge on any atom is 0.411 e.